The summed E-state index contributed by atoms with van der Waals surface area (Å²) in [6.07, 6.45) is 0. The molecule has 0 aliphatic heterocycles. The molecular weight excluding hydrogens is 302 g/mol. The first kappa shape index (κ1) is 14.8. The third-order valence-corrected chi connectivity index (χ3v) is 3.83. The lowest BCUT2D eigenvalue weighted by atomic mass is 9.97. The molecule has 0 fully saturated rings. The molecule has 1 N–H and O–H groups in total. The SMILES string of the molecule is C[C@H](C(=O)O)c1ccc(-c2ccc(Cl)c(Cl)c2)c(F)c1. The number of aliphatic carboxylic acids is 1. The molecule has 0 aromatic heterocycles. The summed E-state index contributed by atoms with van der Waals surface area (Å²) >= 11 is 11.7. The lowest BCUT2D eigenvalue weighted by Crippen LogP contribution is -2.07. The molecule has 0 aliphatic rings. The lowest BCUT2D eigenvalue weighted by Gasteiger charge is -2.10. The maximum absolute atomic E-state index is 14.1. The number of hydrogen-bond donors (Lipinski definition) is 1. The van der Waals surface area contributed by atoms with Gasteiger partial charge >= 0.3 is 5.97 Å². The van der Waals surface area contributed by atoms with Gasteiger partial charge in [0, 0.05) is 5.56 Å². The third-order valence-electron chi connectivity index (χ3n) is 3.09. The molecule has 2 nitrogen and oxygen atoms in total. The van der Waals surface area contributed by atoms with E-state index in [0.29, 0.717) is 26.7 Å². The van der Waals surface area contributed by atoms with Gasteiger partial charge in [-0.1, -0.05) is 41.4 Å². The highest BCUT2D eigenvalue weighted by molar-refractivity contribution is 6.42. The van der Waals surface area contributed by atoms with Crippen LogP contribution in [-0.4, -0.2) is 11.1 Å². The Hall–Kier alpha value is -1.58. The van der Waals surface area contributed by atoms with Crippen molar-refractivity contribution in [1.82, 2.24) is 0 Å². The fraction of sp³-hybridized carbons (Fsp3) is 0.133. The second-order valence-corrected chi connectivity index (χ2v) is 5.24. The van der Waals surface area contributed by atoms with E-state index in [4.69, 9.17) is 28.3 Å². The minimum absolute atomic E-state index is 0.339. The van der Waals surface area contributed by atoms with Crippen molar-refractivity contribution in [2.45, 2.75) is 12.8 Å². The van der Waals surface area contributed by atoms with E-state index < -0.39 is 17.7 Å². The highest BCUT2D eigenvalue weighted by Crippen LogP contribution is 2.31. The van der Waals surface area contributed by atoms with Gasteiger partial charge < -0.3 is 5.11 Å². The van der Waals surface area contributed by atoms with E-state index in [9.17, 15) is 9.18 Å². The van der Waals surface area contributed by atoms with Crippen molar-refractivity contribution in [3.63, 3.8) is 0 Å². The van der Waals surface area contributed by atoms with E-state index in [1.54, 1.807) is 30.3 Å². The number of benzene rings is 2. The molecule has 0 saturated carbocycles. The molecule has 2 aromatic carbocycles. The fourth-order valence-electron chi connectivity index (χ4n) is 1.84. The summed E-state index contributed by atoms with van der Waals surface area (Å²) in [4.78, 5) is 10.9. The van der Waals surface area contributed by atoms with Gasteiger partial charge in [0.25, 0.3) is 0 Å². The van der Waals surface area contributed by atoms with Gasteiger partial charge in [-0.2, -0.15) is 0 Å². The second-order valence-electron chi connectivity index (χ2n) is 4.43. The smallest absolute Gasteiger partial charge is 0.310 e. The summed E-state index contributed by atoms with van der Waals surface area (Å²) in [5, 5.41) is 9.66. The number of carboxylic acid groups (broad SMARTS) is 1. The minimum Gasteiger partial charge on any atom is -0.481 e. The Morgan fingerprint density at radius 3 is 2.40 bits per heavy atom. The van der Waals surface area contributed by atoms with Crippen molar-refractivity contribution in [2.24, 2.45) is 0 Å². The summed E-state index contributed by atoms with van der Waals surface area (Å²) in [5.74, 6) is -2.24. The Kier molecular flexibility index (Phi) is 4.31. The van der Waals surface area contributed by atoms with E-state index >= 15 is 0 Å². The zero-order valence-corrected chi connectivity index (χ0v) is 12.0. The van der Waals surface area contributed by atoms with Gasteiger partial charge in [0.15, 0.2) is 0 Å². The Morgan fingerprint density at radius 1 is 1.15 bits per heavy atom. The zero-order chi connectivity index (χ0) is 14.9. The lowest BCUT2D eigenvalue weighted by molar-refractivity contribution is -0.138. The first-order valence-electron chi connectivity index (χ1n) is 5.88. The van der Waals surface area contributed by atoms with Crippen LogP contribution < -0.4 is 0 Å². The summed E-state index contributed by atoms with van der Waals surface area (Å²) in [5.41, 5.74) is 1.36. The van der Waals surface area contributed by atoms with Gasteiger partial charge in [-0.05, 0) is 36.2 Å². The minimum atomic E-state index is -0.994. The molecule has 0 unspecified atom stereocenters. The van der Waals surface area contributed by atoms with Crippen molar-refractivity contribution in [1.29, 1.82) is 0 Å². The summed E-state index contributed by atoms with van der Waals surface area (Å²) < 4.78 is 14.1. The number of hydrogen-bond acceptors (Lipinski definition) is 1. The van der Waals surface area contributed by atoms with E-state index in [1.165, 1.54) is 13.0 Å². The van der Waals surface area contributed by atoms with Crippen LogP contribution in [0.15, 0.2) is 36.4 Å². The highest BCUT2D eigenvalue weighted by atomic mass is 35.5. The number of halogens is 3. The van der Waals surface area contributed by atoms with Crippen LogP contribution in [0.4, 0.5) is 4.39 Å². The fourth-order valence-corrected chi connectivity index (χ4v) is 2.14. The molecule has 104 valence electrons. The largest absolute Gasteiger partial charge is 0.481 e. The molecule has 0 radical (unpaired) electrons. The molecule has 5 heteroatoms. The maximum atomic E-state index is 14.1. The van der Waals surface area contributed by atoms with Gasteiger partial charge in [-0.3, -0.25) is 4.79 Å². The molecule has 0 saturated heterocycles. The Balaban J connectivity index is 2.44. The van der Waals surface area contributed by atoms with E-state index in [-0.39, 0.29) is 0 Å². The van der Waals surface area contributed by atoms with Gasteiger partial charge in [-0.15, -0.1) is 0 Å². The molecule has 0 spiro atoms. The van der Waals surface area contributed by atoms with Crippen LogP contribution in [0.25, 0.3) is 11.1 Å². The normalized spacial score (nSPS) is 12.2. The number of carboxylic acids is 1. The quantitative estimate of drug-likeness (QED) is 0.867. The van der Waals surface area contributed by atoms with E-state index in [1.807, 2.05) is 0 Å². The molecule has 0 aliphatic carbocycles. The van der Waals surface area contributed by atoms with Crippen LogP contribution in [0.5, 0.6) is 0 Å². The van der Waals surface area contributed by atoms with Crippen molar-refractivity contribution in [3.05, 3.63) is 57.8 Å². The average Bonchev–Trinajstić information content (AvgIpc) is 2.41. The van der Waals surface area contributed by atoms with Gasteiger partial charge in [0.2, 0.25) is 0 Å². The first-order chi connectivity index (χ1) is 9.40. The van der Waals surface area contributed by atoms with Crippen LogP contribution in [-0.2, 0) is 4.79 Å². The summed E-state index contributed by atoms with van der Waals surface area (Å²) in [6, 6.07) is 9.20. The van der Waals surface area contributed by atoms with Crippen LogP contribution in [0.2, 0.25) is 10.0 Å². The van der Waals surface area contributed by atoms with Crippen LogP contribution in [0.1, 0.15) is 18.4 Å². The third kappa shape index (κ3) is 2.94. The molecular formula is C15H11Cl2FO2. The molecule has 2 rings (SSSR count). The number of rotatable bonds is 3. The van der Waals surface area contributed by atoms with E-state index in [0.717, 1.165) is 0 Å². The zero-order valence-electron chi connectivity index (χ0n) is 10.5. The molecule has 0 heterocycles. The number of carbonyl (C=O) groups is 1. The average molecular weight is 313 g/mol. The molecule has 2 aromatic rings. The standard InChI is InChI=1S/C15H11Cl2FO2/c1-8(15(19)20)9-2-4-11(14(18)7-9)10-3-5-12(16)13(17)6-10/h2-8H,1H3,(H,19,20)/t8-/m0/s1. The van der Waals surface area contributed by atoms with Crippen LogP contribution in [0, 0.1) is 5.82 Å². The Bertz CT molecular complexity index is 671. The predicted octanol–water partition coefficient (Wildman–Crippen LogP) is 4.99. The molecule has 0 bridgehead atoms. The maximum Gasteiger partial charge on any atom is 0.310 e. The van der Waals surface area contributed by atoms with Crippen LogP contribution in [0.3, 0.4) is 0 Å². The second kappa shape index (κ2) is 5.81. The summed E-state index contributed by atoms with van der Waals surface area (Å²) in [6.45, 7) is 1.51. The Morgan fingerprint density at radius 2 is 1.85 bits per heavy atom. The summed E-state index contributed by atoms with van der Waals surface area (Å²) in [7, 11) is 0. The van der Waals surface area contributed by atoms with Gasteiger partial charge in [-0.25, -0.2) is 4.39 Å². The first-order valence-corrected chi connectivity index (χ1v) is 6.63. The predicted molar refractivity (Wildman–Crippen MR) is 77.9 cm³/mol. The topological polar surface area (TPSA) is 37.3 Å². The van der Waals surface area contributed by atoms with E-state index in [2.05, 4.69) is 0 Å². The van der Waals surface area contributed by atoms with Crippen molar-refractivity contribution in [2.75, 3.05) is 0 Å². The van der Waals surface area contributed by atoms with Crippen molar-refractivity contribution in [3.8, 4) is 11.1 Å². The van der Waals surface area contributed by atoms with Gasteiger partial charge in [0.1, 0.15) is 5.82 Å². The molecule has 0 amide bonds. The van der Waals surface area contributed by atoms with Crippen molar-refractivity contribution < 1.29 is 14.3 Å². The Labute approximate surface area is 125 Å². The van der Waals surface area contributed by atoms with Gasteiger partial charge in [0.05, 0.1) is 16.0 Å². The molecule has 1 atom stereocenters. The monoisotopic (exact) mass is 312 g/mol. The molecule has 20 heavy (non-hydrogen) atoms. The highest BCUT2D eigenvalue weighted by Gasteiger charge is 2.16. The van der Waals surface area contributed by atoms with Crippen molar-refractivity contribution >= 4 is 29.2 Å². The van der Waals surface area contributed by atoms with Crippen LogP contribution >= 0.6 is 23.2 Å².